The maximum absolute atomic E-state index is 8.53. The standard InChI is InChI=1S/C11H12N4S/c1-15(6-2-5-12)11-14-9-4-3-8(13)7-10(9)16-11/h3-4,7H,2,6,13H2,1H3. The first-order chi connectivity index (χ1) is 7.70. The van der Waals surface area contributed by atoms with Crippen LogP contribution in [-0.4, -0.2) is 18.6 Å². The van der Waals surface area contributed by atoms with Crippen molar-refractivity contribution < 1.29 is 0 Å². The van der Waals surface area contributed by atoms with Crippen LogP contribution in [0.15, 0.2) is 18.2 Å². The van der Waals surface area contributed by atoms with Gasteiger partial charge in [-0.25, -0.2) is 4.98 Å². The van der Waals surface area contributed by atoms with E-state index in [9.17, 15) is 0 Å². The number of benzene rings is 1. The molecule has 0 radical (unpaired) electrons. The van der Waals surface area contributed by atoms with Crippen molar-refractivity contribution in [2.75, 3.05) is 24.2 Å². The molecule has 0 aliphatic carbocycles. The highest BCUT2D eigenvalue weighted by molar-refractivity contribution is 7.22. The van der Waals surface area contributed by atoms with Gasteiger partial charge in [0.25, 0.3) is 0 Å². The minimum Gasteiger partial charge on any atom is -0.399 e. The largest absolute Gasteiger partial charge is 0.399 e. The van der Waals surface area contributed by atoms with E-state index >= 15 is 0 Å². The molecule has 0 aliphatic rings. The first kappa shape index (κ1) is 10.7. The van der Waals surface area contributed by atoms with Crippen molar-refractivity contribution >= 4 is 32.4 Å². The zero-order chi connectivity index (χ0) is 11.5. The van der Waals surface area contributed by atoms with Crippen molar-refractivity contribution in [1.82, 2.24) is 4.98 Å². The van der Waals surface area contributed by atoms with Crippen molar-refractivity contribution in [3.63, 3.8) is 0 Å². The molecule has 0 amide bonds. The Morgan fingerprint density at radius 2 is 2.38 bits per heavy atom. The molecule has 2 N–H and O–H groups in total. The van der Waals surface area contributed by atoms with Gasteiger partial charge >= 0.3 is 0 Å². The number of nitrogens with two attached hydrogens (primary N) is 1. The van der Waals surface area contributed by atoms with Crippen LogP contribution in [0.5, 0.6) is 0 Å². The number of nitrogens with zero attached hydrogens (tertiary/aromatic N) is 3. The predicted molar refractivity (Wildman–Crippen MR) is 67.5 cm³/mol. The number of fused-ring (bicyclic) bond motifs is 1. The van der Waals surface area contributed by atoms with E-state index in [1.807, 2.05) is 30.1 Å². The molecular weight excluding hydrogens is 220 g/mol. The quantitative estimate of drug-likeness (QED) is 0.824. The van der Waals surface area contributed by atoms with Crippen LogP contribution < -0.4 is 10.6 Å². The van der Waals surface area contributed by atoms with Crippen LogP contribution in [0.3, 0.4) is 0 Å². The minimum absolute atomic E-state index is 0.508. The van der Waals surface area contributed by atoms with Crippen LogP contribution >= 0.6 is 11.3 Å². The van der Waals surface area contributed by atoms with Crippen molar-refractivity contribution in [2.24, 2.45) is 0 Å². The summed E-state index contributed by atoms with van der Waals surface area (Å²) in [5.74, 6) is 0. The maximum atomic E-state index is 8.53. The zero-order valence-corrected chi connectivity index (χ0v) is 9.79. The summed E-state index contributed by atoms with van der Waals surface area (Å²) in [7, 11) is 1.94. The van der Waals surface area contributed by atoms with E-state index < -0.39 is 0 Å². The summed E-state index contributed by atoms with van der Waals surface area (Å²) in [6, 6.07) is 7.82. The number of hydrogen-bond donors (Lipinski definition) is 1. The molecule has 5 heteroatoms. The lowest BCUT2D eigenvalue weighted by Crippen LogP contribution is -2.17. The molecule has 1 aromatic carbocycles. The third kappa shape index (κ3) is 2.07. The molecule has 1 heterocycles. The molecule has 0 bridgehead atoms. The van der Waals surface area contributed by atoms with Gasteiger partial charge in [-0.3, -0.25) is 0 Å². The van der Waals surface area contributed by atoms with Crippen LogP contribution in [0, 0.1) is 11.3 Å². The summed E-state index contributed by atoms with van der Waals surface area (Å²) in [5.41, 5.74) is 7.42. The van der Waals surface area contributed by atoms with Gasteiger partial charge < -0.3 is 10.6 Å². The Balaban J connectivity index is 2.29. The SMILES string of the molecule is CN(CCC#N)c1nc2ccc(N)cc2s1. The number of anilines is 2. The lowest BCUT2D eigenvalue weighted by atomic mass is 10.3. The molecule has 4 nitrogen and oxygen atoms in total. The van der Waals surface area contributed by atoms with Crippen LogP contribution in [0.4, 0.5) is 10.8 Å². The van der Waals surface area contributed by atoms with Crippen molar-refractivity contribution in [2.45, 2.75) is 6.42 Å². The molecule has 2 rings (SSSR count). The fourth-order valence-corrected chi connectivity index (χ4v) is 2.41. The third-order valence-corrected chi connectivity index (χ3v) is 3.42. The Kier molecular flexibility index (Phi) is 2.93. The fraction of sp³-hybridized carbons (Fsp3) is 0.273. The van der Waals surface area contributed by atoms with Gasteiger partial charge in [0.15, 0.2) is 5.13 Å². The normalized spacial score (nSPS) is 10.2. The molecule has 2 aromatic rings. The number of aromatic nitrogens is 1. The summed E-state index contributed by atoms with van der Waals surface area (Å²) in [4.78, 5) is 6.48. The average Bonchev–Trinajstić information content (AvgIpc) is 2.68. The Hall–Kier alpha value is -1.80. The minimum atomic E-state index is 0.508. The van der Waals surface area contributed by atoms with E-state index in [2.05, 4.69) is 11.1 Å². The number of rotatable bonds is 3. The van der Waals surface area contributed by atoms with E-state index in [1.54, 1.807) is 11.3 Å². The number of nitriles is 1. The Morgan fingerprint density at radius 3 is 3.12 bits per heavy atom. The maximum Gasteiger partial charge on any atom is 0.186 e. The topological polar surface area (TPSA) is 65.9 Å². The van der Waals surface area contributed by atoms with E-state index in [0.29, 0.717) is 13.0 Å². The van der Waals surface area contributed by atoms with Crippen LogP contribution in [0.1, 0.15) is 6.42 Å². The molecule has 0 spiro atoms. The third-order valence-electron chi connectivity index (χ3n) is 2.29. The molecular formula is C11H12N4S. The summed E-state index contributed by atoms with van der Waals surface area (Å²) < 4.78 is 1.08. The van der Waals surface area contributed by atoms with E-state index in [-0.39, 0.29) is 0 Å². The first-order valence-electron chi connectivity index (χ1n) is 4.95. The van der Waals surface area contributed by atoms with Gasteiger partial charge in [0.1, 0.15) is 0 Å². The van der Waals surface area contributed by atoms with E-state index in [4.69, 9.17) is 11.0 Å². The second kappa shape index (κ2) is 4.37. The monoisotopic (exact) mass is 232 g/mol. The summed E-state index contributed by atoms with van der Waals surface area (Å²) in [5, 5.41) is 9.45. The van der Waals surface area contributed by atoms with Crippen LogP contribution in [-0.2, 0) is 0 Å². The average molecular weight is 232 g/mol. The lowest BCUT2D eigenvalue weighted by molar-refractivity contribution is 0.901. The highest BCUT2D eigenvalue weighted by Gasteiger charge is 2.07. The molecule has 0 unspecified atom stereocenters. The first-order valence-corrected chi connectivity index (χ1v) is 5.76. The fourth-order valence-electron chi connectivity index (χ4n) is 1.41. The molecule has 0 saturated heterocycles. The zero-order valence-electron chi connectivity index (χ0n) is 8.97. The van der Waals surface area contributed by atoms with Gasteiger partial charge in [-0.15, -0.1) is 0 Å². The van der Waals surface area contributed by atoms with Crippen molar-refractivity contribution in [1.29, 1.82) is 5.26 Å². The van der Waals surface area contributed by atoms with Gasteiger partial charge in [-0.1, -0.05) is 11.3 Å². The summed E-state index contributed by atoms with van der Waals surface area (Å²) in [6.07, 6.45) is 0.508. The lowest BCUT2D eigenvalue weighted by Gasteiger charge is -2.12. The highest BCUT2D eigenvalue weighted by atomic mass is 32.1. The van der Waals surface area contributed by atoms with Crippen molar-refractivity contribution in [3.05, 3.63) is 18.2 Å². The van der Waals surface area contributed by atoms with E-state index in [0.717, 1.165) is 21.0 Å². The Morgan fingerprint density at radius 1 is 1.56 bits per heavy atom. The molecule has 82 valence electrons. The molecule has 0 saturated carbocycles. The van der Waals surface area contributed by atoms with Gasteiger partial charge in [-0.05, 0) is 18.2 Å². The smallest absolute Gasteiger partial charge is 0.186 e. The van der Waals surface area contributed by atoms with Gasteiger partial charge in [0.05, 0.1) is 22.7 Å². The molecule has 0 atom stereocenters. The molecule has 1 aromatic heterocycles. The highest BCUT2D eigenvalue weighted by Crippen LogP contribution is 2.29. The molecule has 0 aliphatic heterocycles. The van der Waals surface area contributed by atoms with E-state index in [1.165, 1.54) is 0 Å². The van der Waals surface area contributed by atoms with Crippen LogP contribution in [0.2, 0.25) is 0 Å². The number of hydrogen-bond acceptors (Lipinski definition) is 5. The van der Waals surface area contributed by atoms with Crippen molar-refractivity contribution in [3.8, 4) is 6.07 Å². The molecule has 16 heavy (non-hydrogen) atoms. The van der Waals surface area contributed by atoms with Gasteiger partial charge in [0, 0.05) is 19.3 Å². The summed E-state index contributed by atoms with van der Waals surface area (Å²) in [6.45, 7) is 0.700. The summed E-state index contributed by atoms with van der Waals surface area (Å²) >= 11 is 1.60. The molecule has 0 fully saturated rings. The number of nitrogen functional groups attached to an aromatic ring is 1. The van der Waals surface area contributed by atoms with Gasteiger partial charge in [0.2, 0.25) is 0 Å². The number of thiazole rings is 1. The van der Waals surface area contributed by atoms with Gasteiger partial charge in [-0.2, -0.15) is 5.26 Å². The second-order valence-electron chi connectivity index (χ2n) is 3.55. The van der Waals surface area contributed by atoms with Crippen LogP contribution in [0.25, 0.3) is 10.2 Å². The Bertz CT molecular complexity index is 540. The second-order valence-corrected chi connectivity index (χ2v) is 4.56. The Labute approximate surface area is 97.9 Å². The predicted octanol–water partition coefficient (Wildman–Crippen LogP) is 2.23.